The van der Waals surface area contributed by atoms with Gasteiger partial charge in [0.15, 0.2) is 0 Å². The van der Waals surface area contributed by atoms with Gasteiger partial charge in [-0.05, 0) is 12.5 Å². The van der Waals surface area contributed by atoms with Crippen LogP contribution < -0.4 is 11.1 Å². The Kier molecular flexibility index (Phi) is 4.95. The number of nitrogens with one attached hydrogen (secondary N) is 1. The summed E-state index contributed by atoms with van der Waals surface area (Å²) >= 11 is 0. The van der Waals surface area contributed by atoms with Crippen molar-refractivity contribution in [3.63, 3.8) is 0 Å². The van der Waals surface area contributed by atoms with Crippen LogP contribution in [0.4, 0.5) is 0 Å². The molecular weight excluding hydrogens is 204 g/mol. The zero-order valence-electron chi connectivity index (χ0n) is 9.39. The number of hydrogen-bond acceptors (Lipinski definition) is 3. The van der Waals surface area contributed by atoms with Gasteiger partial charge in [-0.2, -0.15) is 0 Å². The van der Waals surface area contributed by atoms with Crippen LogP contribution in [-0.2, 0) is 4.79 Å². The van der Waals surface area contributed by atoms with Crippen molar-refractivity contribution in [1.29, 1.82) is 0 Å². The van der Waals surface area contributed by atoms with Gasteiger partial charge in [-0.1, -0.05) is 30.3 Å². The van der Waals surface area contributed by atoms with Crippen LogP contribution in [0.25, 0.3) is 0 Å². The first-order valence-electron chi connectivity index (χ1n) is 5.35. The van der Waals surface area contributed by atoms with E-state index in [0.717, 1.165) is 5.56 Å². The fourth-order valence-electron chi connectivity index (χ4n) is 1.47. The van der Waals surface area contributed by atoms with Crippen LogP contribution in [0.1, 0.15) is 18.4 Å². The van der Waals surface area contributed by atoms with Crippen LogP contribution in [0.5, 0.6) is 0 Å². The van der Waals surface area contributed by atoms with E-state index in [-0.39, 0.29) is 31.0 Å². The summed E-state index contributed by atoms with van der Waals surface area (Å²) in [6, 6.07) is 9.15. The third kappa shape index (κ3) is 3.32. The quantitative estimate of drug-likeness (QED) is 0.667. The molecule has 0 saturated carbocycles. The number of carbonyl (C=O) groups excluding carboxylic acids is 1. The summed E-state index contributed by atoms with van der Waals surface area (Å²) in [6.45, 7) is 1.93. The Morgan fingerprint density at radius 2 is 2.06 bits per heavy atom. The average molecular weight is 222 g/mol. The van der Waals surface area contributed by atoms with Crippen molar-refractivity contribution in [3.05, 3.63) is 35.9 Å². The number of hydrogen-bond donors (Lipinski definition) is 3. The van der Waals surface area contributed by atoms with E-state index in [1.165, 1.54) is 0 Å². The number of aliphatic hydroxyl groups is 1. The SMILES string of the molecule is C[C@@H](CO)NC(=O)C(CN)c1ccccc1. The van der Waals surface area contributed by atoms with E-state index in [1.807, 2.05) is 30.3 Å². The summed E-state index contributed by atoms with van der Waals surface area (Å²) < 4.78 is 0. The van der Waals surface area contributed by atoms with Crippen LogP contribution in [0.3, 0.4) is 0 Å². The second kappa shape index (κ2) is 6.25. The molecule has 0 radical (unpaired) electrons. The molecule has 4 heteroatoms. The molecule has 0 aromatic heterocycles. The van der Waals surface area contributed by atoms with Crippen LogP contribution in [0.2, 0.25) is 0 Å². The predicted octanol–water partition coefficient (Wildman–Crippen LogP) is 0.226. The first kappa shape index (κ1) is 12.7. The predicted molar refractivity (Wildman–Crippen MR) is 62.9 cm³/mol. The molecule has 4 nitrogen and oxygen atoms in total. The highest BCUT2D eigenvalue weighted by Gasteiger charge is 2.19. The topological polar surface area (TPSA) is 75.3 Å². The molecule has 4 N–H and O–H groups in total. The molecule has 88 valence electrons. The van der Waals surface area contributed by atoms with Crippen LogP contribution in [0.15, 0.2) is 30.3 Å². The maximum Gasteiger partial charge on any atom is 0.229 e. The zero-order valence-corrected chi connectivity index (χ0v) is 9.39. The number of rotatable bonds is 5. The average Bonchev–Trinajstić information content (AvgIpc) is 2.31. The molecule has 16 heavy (non-hydrogen) atoms. The fourth-order valence-corrected chi connectivity index (χ4v) is 1.47. The maximum atomic E-state index is 11.8. The largest absolute Gasteiger partial charge is 0.394 e. The van der Waals surface area contributed by atoms with E-state index in [2.05, 4.69) is 5.32 Å². The molecule has 0 heterocycles. The van der Waals surface area contributed by atoms with Crippen LogP contribution >= 0.6 is 0 Å². The molecule has 0 bridgehead atoms. The van der Waals surface area contributed by atoms with Gasteiger partial charge in [-0.25, -0.2) is 0 Å². The molecule has 0 saturated heterocycles. The number of nitrogens with two attached hydrogens (primary N) is 1. The van der Waals surface area contributed by atoms with Gasteiger partial charge in [0.2, 0.25) is 5.91 Å². The molecule has 1 rings (SSSR count). The molecule has 0 aliphatic heterocycles. The van der Waals surface area contributed by atoms with Crippen molar-refractivity contribution in [1.82, 2.24) is 5.32 Å². The smallest absolute Gasteiger partial charge is 0.229 e. The van der Waals surface area contributed by atoms with Crippen molar-refractivity contribution in [2.45, 2.75) is 18.9 Å². The van der Waals surface area contributed by atoms with Crippen molar-refractivity contribution in [3.8, 4) is 0 Å². The van der Waals surface area contributed by atoms with Crippen molar-refractivity contribution in [2.75, 3.05) is 13.2 Å². The Bertz CT molecular complexity index is 327. The Labute approximate surface area is 95.5 Å². The van der Waals surface area contributed by atoms with Gasteiger partial charge in [0.25, 0.3) is 0 Å². The summed E-state index contributed by atoms with van der Waals surface area (Å²) in [6.07, 6.45) is 0. The molecule has 1 aromatic carbocycles. The first-order valence-corrected chi connectivity index (χ1v) is 5.35. The molecule has 0 aliphatic rings. The molecule has 1 unspecified atom stereocenters. The van der Waals surface area contributed by atoms with E-state index in [4.69, 9.17) is 10.8 Å². The molecule has 0 fully saturated rings. The van der Waals surface area contributed by atoms with E-state index in [1.54, 1.807) is 6.92 Å². The highest BCUT2D eigenvalue weighted by Crippen LogP contribution is 2.14. The lowest BCUT2D eigenvalue weighted by Crippen LogP contribution is -2.40. The highest BCUT2D eigenvalue weighted by molar-refractivity contribution is 5.84. The lowest BCUT2D eigenvalue weighted by Gasteiger charge is -2.18. The van der Waals surface area contributed by atoms with Gasteiger partial charge in [-0.3, -0.25) is 4.79 Å². The third-order valence-corrected chi connectivity index (χ3v) is 2.42. The van der Waals surface area contributed by atoms with Crippen molar-refractivity contribution in [2.24, 2.45) is 5.73 Å². The van der Waals surface area contributed by atoms with Gasteiger partial charge in [0.1, 0.15) is 0 Å². The van der Waals surface area contributed by atoms with Crippen LogP contribution in [-0.4, -0.2) is 30.2 Å². The summed E-state index contributed by atoms with van der Waals surface area (Å²) in [5.74, 6) is -0.495. The second-order valence-corrected chi connectivity index (χ2v) is 3.79. The van der Waals surface area contributed by atoms with Gasteiger partial charge in [0.05, 0.1) is 12.5 Å². The standard InChI is InChI=1S/C12H18N2O2/c1-9(8-15)14-12(16)11(7-13)10-5-3-2-4-6-10/h2-6,9,11,15H,7-8,13H2,1H3,(H,14,16)/t9-,11?/m0/s1. The Hall–Kier alpha value is -1.39. The van der Waals surface area contributed by atoms with E-state index in [0.29, 0.717) is 0 Å². The maximum absolute atomic E-state index is 11.8. The highest BCUT2D eigenvalue weighted by atomic mass is 16.3. The molecule has 1 aromatic rings. The van der Waals surface area contributed by atoms with E-state index < -0.39 is 0 Å². The fraction of sp³-hybridized carbons (Fsp3) is 0.417. The number of aliphatic hydroxyl groups excluding tert-OH is 1. The lowest BCUT2D eigenvalue weighted by atomic mass is 9.98. The zero-order chi connectivity index (χ0) is 12.0. The monoisotopic (exact) mass is 222 g/mol. The number of benzene rings is 1. The minimum atomic E-state index is -0.352. The van der Waals surface area contributed by atoms with Crippen molar-refractivity contribution < 1.29 is 9.90 Å². The number of amides is 1. The van der Waals surface area contributed by atoms with Crippen molar-refractivity contribution >= 4 is 5.91 Å². The van der Waals surface area contributed by atoms with E-state index in [9.17, 15) is 4.79 Å². The van der Waals surface area contributed by atoms with E-state index >= 15 is 0 Å². The molecule has 0 aliphatic carbocycles. The summed E-state index contributed by atoms with van der Waals surface area (Å²) in [5, 5.41) is 11.6. The molecule has 1 amide bonds. The number of carbonyl (C=O) groups is 1. The van der Waals surface area contributed by atoms with Crippen LogP contribution in [0, 0.1) is 0 Å². The van der Waals surface area contributed by atoms with Gasteiger partial charge in [0, 0.05) is 12.6 Å². The Balaban J connectivity index is 2.71. The molecule has 2 atom stereocenters. The first-order chi connectivity index (χ1) is 7.69. The molecular formula is C12H18N2O2. The minimum absolute atomic E-state index is 0.0716. The minimum Gasteiger partial charge on any atom is -0.394 e. The summed E-state index contributed by atoms with van der Waals surface area (Å²) in [7, 11) is 0. The Morgan fingerprint density at radius 3 is 2.56 bits per heavy atom. The summed E-state index contributed by atoms with van der Waals surface area (Å²) in [4.78, 5) is 11.8. The van der Waals surface area contributed by atoms with Gasteiger partial charge < -0.3 is 16.2 Å². The Morgan fingerprint density at radius 1 is 1.44 bits per heavy atom. The summed E-state index contributed by atoms with van der Waals surface area (Å²) in [5.41, 5.74) is 6.50. The molecule has 0 spiro atoms. The van der Waals surface area contributed by atoms with Gasteiger partial charge in [-0.15, -0.1) is 0 Å². The lowest BCUT2D eigenvalue weighted by molar-refractivity contribution is -0.123. The van der Waals surface area contributed by atoms with Gasteiger partial charge >= 0.3 is 0 Å². The third-order valence-electron chi connectivity index (χ3n) is 2.42. The second-order valence-electron chi connectivity index (χ2n) is 3.79. The normalized spacial score (nSPS) is 14.2.